The Kier molecular flexibility index (Phi) is 4.07. The van der Waals surface area contributed by atoms with Crippen LogP contribution in [0.3, 0.4) is 0 Å². The van der Waals surface area contributed by atoms with Gasteiger partial charge in [0.25, 0.3) is 0 Å². The van der Waals surface area contributed by atoms with E-state index in [1.807, 2.05) is 6.92 Å². The number of hydrogen-bond acceptors (Lipinski definition) is 4. The summed E-state index contributed by atoms with van der Waals surface area (Å²) in [6, 6.07) is 0. The van der Waals surface area contributed by atoms with Crippen LogP contribution in [0.5, 0.6) is 0 Å². The summed E-state index contributed by atoms with van der Waals surface area (Å²) in [6.07, 6.45) is 0.231. The summed E-state index contributed by atoms with van der Waals surface area (Å²) < 4.78 is 5.56. The number of ether oxygens (including phenoxy) is 1. The van der Waals surface area contributed by atoms with Gasteiger partial charge in [-0.25, -0.2) is 9.97 Å². The van der Waals surface area contributed by atoms with Crippen LogP contribution in [-0.2, 0) is 4.74 Å². The Hall–Kier alpha value is -0.870. The maximum Gasteiger partial charge on any atom is 0.137 e. The Morgan fingerprint density at radius 3 is 2.72 bits per heavy atom. The molecule has 1 saturated heterocycles. The van der Waals surface area contributed by atoms with Gasteiger partial charge < -0.3 is 9.64 Å². The smallest absolute Gasteiger partial charge is 0.137 e. The van der Waals surface area contributed by atoms with Gasteiger partial charge in [-0.05, 0) is 13.8 Å². The van der Waals surface area contributed by atoms with Gasteiger partial charge in [0.15, 0.2) is 0 Å². The van der Waals surface area contributed by atoms with E-state index in [1.54, 1.807) is 0 Å². The van der Waals surface area contributed by atoms with Gasteiger partial charge in [-0.15, -0.1) is 0 Å². The lowest BCUT2D eigenvalue weighted by atomic mass is 10.2. The molecule has 18 heavy (non-hydrogen) atoms. The zero-order chi connectivity index (χ0) is 13.3. The second-order valence-electron chi connectivity index (χ2n) is 5.10. The largest absolute Gasteiger partial charge is 0.375 e. The number of aromatic nitrogens is 2. The molecule has 1 fully saturated rings. The first-order chi connectivity index (χ1) is 8.49. The van der Waals surface area contributed by atoms with Gasteiger partial charge in [-0.2, -0.15) is 0 Å². The normalized spacial score (nSPS) is 20.6. The molecular weight excluding hydrogens is 250 g/mol. The van der Waals surface area contributed by atoms with Gasteiger partial charge in [0.2, 0.25) is 0 Å². The van der Waals surface area contributed by atoms with Crippen molar-refractivity contribution in [1.29, 1.82) is 0 Å². The standard InChI is InChI=1S/C13H20ClN3O/c1-8(2)12-15-11(14)10(4)13(16-12)17-5-6-18-9(3)7-17/h8-9H,5-7H2,1-4H3. The number of halogens is 1. The fourth-order valence-corrected chi connectivity index (χ4v) is 2.24. The molecule has 0 N–H and O–H groups in total. The fourth-order valence-electron chi connectivity index (χ4n) is 2.07. The number of anilines is 1. The minimum Gasteiger partial charge on any atom is -0.375 e. The molecule has 1 aromatic heterocycles. The van der Waals surface area contributed by atoms with E-state index in [1.165, 1.54) is 0 Å². The molecule has 0 radical (unpaired) electrons. The van der Waals surface area contributed by atoms with Crippen molar-refractivity contribution >= 4 is 17.4 Å². The van der Waals surface area contributed by atoms with Crippen molar-refractivity contribution in [3.63, 3.8) is 0 Å². The summed E-state index contributed by atoms with van der Waals surface area (Å²) >= 11 is 6.21. The Bertz CT molecular complexity index is 436. The Balaban J connectivity index is 2.36. The van der Waals surface area contributed by atoms with Crippen molar-refractivity contribution in [1.82, 2.24) is 9.97 Å². The molecule has 0 amide bonds. The van der Waals surface area contributed by atoms with Crippen molar-refractivity contribution in [2.45, 2.75) is 39.7 Å². The maximum absolute atomic E-state index is 6.21. The third kappa shape index (κ3) is 2.75. The molecule has 0 aromatic carbocycles. The first kappa shape index (κ1) is 13.6. The molecule has 2 rings (SSSR count). The van der Waals surface area contributed by atoms with Crippen molar-refractivity contribution in [3.05, 3.63) is 16.5 Å². The monoisotopic (exact) mass is 269 g/mol. The van der Waals surface area contributed by atoms with Gasteiger partial charge in [-0.3, -0.25) is 0 Å². The third-order valence-electron chi connectivity index (χ3n) is 3.14. The summed E-state index contributed by atoms with van der Waals surface area (Å²) in [5.41, 5.74) is 0.954. The highest BCUT2D eigenvalue weighted by Gasteiger charge is 2.22. The van der Waals surface area contributed by atoms with E-state index in [0.29, 0.717) is 5.15 Å². The highest BCUT2D eigenvalue weighted by atomic mass is 35.5. The highest BCUT2D eigenvalue weighted by Crippen LogP contribution is 2.27. The average Bonchev–Trinajstić information content (AvgIpc) is 2.32. The van der Waals surface area contributed by atoms with Gasteiger partial charge >= 0.3 is 0 Å². The van der Waals surface area contributed by atoms with E-state index in [4.69, 9.17) is 16.3 Å². The zero-order valence-corrected chi connectivity index (χ0v) is 12.2. The molecule has 1 atom stereocenters. The van der Waals surface area contributed by atoms with E-state index in [2.05, 4.69) is 35.6 Å². The van der Waals surface area contributed by atoms with Crippen LogP contribution in [0.2, 0.25) is 5.15 Å². The van der Waals surface area contributed by atoms with Crippen LogP contribution in [0, 0.1) is 6.92 Å². The molecule has 2 heterocycles. The first-order valence-corrected chi connectivity index (χ1v) is 6.77. The topological polar surface area (TPSA) is 38.2 Å². The van der Waals surface area contributed by atoms with Crippen molar-refractivity contribution in [2.75, 3.05) is 24.6 Å². The average molecular weight is 270 g/mol. The molecule has 100 valence electrons. The summed E-state index contributed by atoms with van der Waals surface area (Å²) in [5.74, 6) is 2.04. The van der Waals surface area contributed by atoms with Gasteiger partial charge in [0.05, 0.1) is 12.7 Å². The molecule has 1 aromatic rings. The predicted molar refractivity (Wildman–Crippen MR) is 73.5 cm³/mol. The maximum atomic E-state index is 6.21. The molecule has 0 spiro atoms. The van der Waals surface area contributed by atoms with Crippen LogP contribution >= 0.6 is 11.6 Å². The Morgan fingerprint density at radius 1 is 1.39 bits per heavy atom. The minimum atomic E-state index is 0.231. The summed E-state index contributed by atoms with van der Waals surface area (Å²) in [4.78, 5) is 11.2. The lowest BCUT2D eigenvalue weighted by molar-refractivity contribution is 0.0529. The number of morpholine rings is 1. The molecule has 0 bridgehead atoms. The SMILES string of the molecule is Cc1c(Cl)nc(C(C)C)nc1N1CCOC(C)C1. The molecule has 5 heteroatoms. The van der Waals surface area contributed by atoms with Crippen molar-refractivity contribution < 1.29 is 4.74 Å². The molecule has 4 nitrogen and oxygen atoms in total. The third-order valence-corrected chi connectivity index (χ3v) is 3.50. The lowest BCUT2D eigenvalue weighted by Gasteiger charge is -2.33. The summed E-state index contributed by atoms with van der Waals surface area (Å²) in [5, 5.41) is 0.558. The quantitative estimate of drug-likeness (QED) is 0.774. The van der Waals surface area contributed by atoms with Crippen LogP contribution in [0.25, 0.3) is 0 Å². The molecule has 1 aliphatic rings. The van der Waals surface area contributed by atoms with Gasteiger partial charge in [-0.1, -0.05) is 25.4 Å². The van der Waals surface area contributed by atoms with E-state index >= 15 is 0 Å². The highest BCUT2D eigenvalue weighted by molar-refractivity contribution is 6.30. The van der Waals surface area contributed by atoms with E-state index in [9.17, 15) is 0 Å². The second kappa shape index (κ2) is 5.41. The molecule has 1 unspecified atom stereocenters. The molecule has 1 aliphatic heterocycles. The second-order valence-corrected chi connectivity index (χ2v) is 5.46. The Morgan fingerprint density at radius 2 is 2.11 bits per heavy atom. The zero-order valence-electron chi connectivity index (χ0n) is 11.4. The molecule has 0 aliphatic carbocycles. The first-order valence-electron chi connectivity index (χ1n) is 6.39. The van der Waals surface area contributed by atoms with Crippen molar-refractivity contribution in [2.24, 2.45) is 0 Å². The van der Waals surface area contributed by atoms with Crippen LogP contribution < -0.4 is 4.90 Å². The number of hydrogen-bond donors (Lipinski definition) is 0. The van der Waals surface area contributed by atoms with Crippen molar-refractivity contribution in [3.8, 4) is 0 Å². The van der Waals surface area contributed by atoms with Crippen LogP contribution in [0.4, 0.5) is 5.82 Å². The van der Waals surface area contributed by atoms with E-state index in [0.717, 1.165) is 36.9 Å². The summed E-state index contributed by atoms with van der Waals surface area (Å²) in [7, 11) is 0. The van der Waals surface area contributed by atoms with Gasteiger partial charge in [0, 0.05) is 24.6 Å². The summed E-state index contributed by atoms with van der Waals surface area (Å²) in [6.45, 7) is 10.6. The van der Waals surface area contributed by atoms with E-state index < -0.39 is 0 Å². The number of nitrogens with zero attached hydrogens (tertiary/aromatic N) is 3. The van der Waals surface area contributed by atoms with Crippen LogP contribution in [0.1, 0.15) is 38.1 Å². The Labute approximate surface area is 113 Å². The fraction of sp³-hybridized carbons (Fsp3) is 0.692. The van der Waals surface area contributed by atoms with E-state index in [-0.39, 0.29) is 12.0 Å². The number of rotatable bonds is 2. The van der Waals surface area contributed by atoms with Gasteiger partial charge in [0.1, 0.15) is 16.8 Å². The predicted octanol–water partition coefficient (Wildman–Crippen LogP) is 2.79. The van der Waals surface area contributed by atoms with Crippen LogP contribution in [0.15, 0.2) is 0 Å². The molecule has 0 saturated carbocycles. The lowest BCUT2D eigenvalue weighted by Crippen LogP contribution is -2.42. The van der Waals surface area contributed by atoms with Crippen LogP contribution in [-0.4, -0.2) is 35.8 Å². The molecular formula is C13H20ClN3O. The minimum absolute atomic E-state index is 0.231.